The first kappa shape index (κ1) is 20.8. The molecule has 2 N–H and O–H groups in total. The molecule has 0 radical (unpaired) electrons. The van der Waals surface area contributed by atoms with Gasteiger partial charge in [-0.15, -0.1) is 6.58 Å². The highest BCUT2D eigenvalue weighted by Gasteiger charge is 2.17. The summed E-state index contributed by atoms with van der Waals surface area (Å²) in [7, 11) is -3.80. The number of benzene rings is 2. The van der Waals surface area contributed by atoms with Gasteiger partial charge in [-0.1, -0.05) is 24.3 Å². The largest absolute Gasteiger partial charge is 0.452 e. The van der Waals surface area contributed by atoms with E-state index >= 15 is 0 Å². The monoisotopic (exact) mass is 399 g/mol. The lowest BCUT2D eigenvalue weighted by Crippen LogP contribution is -2.24. The summed E-state index contributed by atoms with van der Waals surface area (Å²) in [4.78, 5) is 24.0. The lowest BCUT2D eigenvalue weighted by Gasteiger charge is -2.09. The molecule has 0 spiro atoms. The fourth-order valence-corrected chi connectivity index (χ4v) is 3.18. The second-order valence-electron chi connectivity index (χ2n) is 5.45. The zero-order chi connectivity index (χ0) is 20.6. The highest BCUT2D eigenvalue weighted by molar-refractivity contribution is 7.89. The zero-order valence-electron chi connectivity index (χ0n) is 14.7. The molecule has 1 amide bonds. The van der Waals surface area contributed by atoms with Gasteiger partial charge < -0.3 is 10.1 Å². The van der Waals surface area contributed by atoms with Crippen LogP contribution in [0.3, 0.4) is 0 Å². The van der Waals surface area contributed by atoms with E-state index in [1.165, 1.54) is 30.3 Å². The number of carbonyl (C=O) groups excluding carboxylic acids is 2. The summed E-state index contributed by atoms with van der Waals surface area (Å²) in [6.45, 7) is 2.88. The molecular weight excluding hydrogens is 382 g/mol. The summed E-state index contributed by atoms with van der Waals surface area (Å²) in [6.07, 6.45) is 1.39. The van der Waals surface area contributed by atoms with Gasteiger partial charge in [-0.05, 0) is 30.3 Å². The molecule has 2 aromatic carbocycles. The van der Waals surface area contributed by atoms with Crippen LogP contribution in [0.2, 0.25) is 0 Å². The Balaban J connectivity index is 2.01. The number of nitrogens with one attached hydrogen (secondary N) is 2. The molecule has 2 rings (SSSR count). The molecule has 0 heterocycles. The van der Waals surface area contributed by atoms with Crippen molar-refractivity contribution in [1.29, 1.82) is 5.26 Å². The number of para-hydroxylation sites is 1. The van der Waals surface area contributed by atoms with Crippen molar-refractivity contribution in [2.45, 2.75) is 4.90 Å². The predicted octanol–water partition coefficient (Wildman–Crippen LogP) is 1.82. The number of nitrogens with zero attached hydrogens (tertiary/aromatic N) is 1. The predicted molar refractivity (Wildman–Crippen MR) is 102 cm³/mol. The maximum Gasteiger partial charge on any atom is 0.338 e. The first-order valence-corrected chi connectivity index (χ1v) is 9.52. The number of amides is 1. The van der Waals surface area contributed by atoms with Crippen molar-refractivity contribution in [3.05, 3.63) is 72.3 Å². The van der Waals surface area contributed by atoms with E-state index in [0.717, 1.165) is 6.07 Å². The Morgan fingerprint density at radius 1 is 1.18 bits per heavy atom. The molecule has 0 atom stereocenters. The summed E-state index contributed by atoms with van der Waals surface area (Å²) < 4.78 is 31.4. The molecule has 2 aromatic rings. The van der Waals surface area contributed by atoms with Gasteiger partial charge in [0.25, 0.3) is 5.91 Å². The molecule has 28 heavy (non-hydrogen) atoms. The number of rotatable bonds is 8. The van der Waals surface area contributed by atoms with Gasteiger partial charge in [0.05, 0.1) is 21.7 Å². The Morgan fingerprint density at radius 3 is 2.64 bits per heavy atom. The van der Waals surface area contributed by atoms with Crippen LogP contribution in [-0.2, 0) is 19.6 Å². The molecule has 0 aliphatic heterocycles. The average molecular weight is 399 g/mol. The molecule has 0 aliphatic carbocycles. The second kappa shape index (κ2) is 9.45. The maximum atomic E-state index is 12.1. The standard InChI is InChI=1S/C19H17N3O5S/c1-2-10-21-28(25,26)16-8-5-7-14(11-16)19(24)27-13-18(23)22-17-9-4-3-6-15(17)12-20/h2-9,11,21H,1,10,13H2,(H,22,23). The fraction of sp³-hybridized carbons (Fsp3) is 0.105. The van der Waals surface area contributed by atoms with E-state index in [1.807, 2.05) is 6.07 Å². The second-order valence-corrected chi connectivity index (χ2v) is 7.22. The molecule has 0 saturated carbocycles. The van der Waals surface area contributed by atoms with Gasteiger partial charge in [0.1, 0.15) is 6.07 Å². The number of hydrogen-bond acceptors (Lipinski definition) is 6. The molecule has 0 saturated heterocycles. The minimum Gasteiger partial charge on any atom is -0.452 e. The van der Waals surface area contributed by atoms with Crippen molar-refractivity contribution < 1.29 is 22.7 Å². The Hall–Kier alpha value is -3.48. The van der Waals surface area contributed by atoms with Crippen LogP contribution in [0, 0.1) is 11.3 Å². The van der Waals surface area contributed by atoms with Crippen LogP contribution in [0.1, 0.15) is 15.9 Å². The van der Waals surface area contributed by atoms with Crippen molar-refractivity contribution in [2.24, 2.45) is 0 Å². The highest BCUT2D eigenvalue weighted by Crippen LogP contribution is 2.14. The van der Waals surface area contributed by atoms with Gasteiger partial charge in [0, 0.05) is 6.54 Å². The molecule has 0 fully saturated rings. The van der Waals surface area contributed by atoms with Gasteiger partial charge in [0.2, 0.25) is 10.0 Å². The number of carbonyl (C=O) groups is 2. The lowest BCUT2D eigenvalue weighted by molar-refractivity contribution is -0.119. The quantitative estimate of drug-likeness (QED) is 0.515. The summed E-state index contributed by atoms with van der Waals surface area (Å²) in [5, 5.41) is 11.5. The Bertz CT molecular complexity index is 1040. The molecular formula is C19H17N3O5S. The van der Waals surface area contributed by atoms with Gasteiger partial charge in [-0.25, -0.2) is 17.9 Å². The number of esters is 1. The highest BCUT2D eigenvalue weighted by atomic mass is 32.2. The number of sulfonamides is 1. The Kier molecular flexibility index (Phi) is 7.03. The van der Waals surface area contributed by atoms with Crippen LogP contribution in [0.25, 0.3) is 0 Å². The van der Waals surface area contributed by atoms with Crippen LogP contribution < -0.4 is 10.0 Å². The van der Waals surface area contributed by atoms with Crippen molar-refractivity contribution in [3.63, 3.8) is 0 Å². The normalized spacial score (nSPS) is 10.5. The van der Waals surface area contributed by atoms with Crippen molar-refractivity contribution in [1.82, 2.24) is 4.72 Å². The molecule has 0 unspecified atom stereocenters. The molecule has 144 valence electrons. The topological polar surface area (TPSA) is 125 Å². The molecule has 0 aromatic heterocycles. The van der Waals surface area contributed by atoms with E-state index in [9.17, 15) is 18.0 Å². The van der Waals surface area contributed by atoms with Crippen molar-refractivity contribution in [2.75, 3.05) is 18.5 Å². The van der Waals surface area contributed by atoms with E-state index in [1.54, 1.807) is 18.2 Å². The van der Waals surface area contributed by atoms with E-state index in [4.69, 9.17) is 10.00 Å². The number of anilines is 1. The summed E-state index contributed by atoms with van der Waals surface area (Å²) in [5.41, 5.74) is 0.547. The van der Waals surface area contributed by atoms with Gasteiger partial charge in [-0.2, -0.15) is 5.26 Å². The zero-order valence-corrected chi connectivity index (χ0v) is 15.5. The van der Waals surface area contributed by atoms with Crippen LogP contribution in [0.15, 0.2) is 66.1 Å². The fourth-order valence-electron chi connectivity index (χ4n) is 2.13. The first-order valence-electron chi connectivity index (χ1n) is 8.04. The third kappa shape index (κ3) is 5.51. The van der Waals surface area contributed by atoms with Crippen LogP contribution in [-0.4, -0.2) is 33.4 Å². The van der Waals surface area contributed by atoms with Crippen LogP contribution in [0.4, 0.5) is 5.69 Å². The number of nitriles is 1. The molecule has 0 bridgehead atoms. The lowest BCUT2D eigenvalue weighted by atomic mass is 10.2. The van der Waals surface area contributed by atoms with E-state index < -0.39 is 28.5 Å². The first-order chi connectivity index (χ1) is 13.4. The number of hydrogen-bond donors (Lipinski definition) is 2. The molecule has 9 heteroatoms. The van der Waals surface area contributed by atoms with Gasteiger partial charge >= 0.3 is 5.97 Å². The van der Waals surface area contributed by atoms with E-state index in [2.05, 4.69) is 16.6 Å². The summed E-state index contributed by atoms with van der Waals surface area (Å²) >= 11 is 0. The van der Waals surface area contributed by atoms with Crippen LogP contribution >= 0.6 is 0 Å². The smallest absolute Gasteiger partial charge is 0.338 e. The SMILES string of the molecule is C=CCNS(=O)(=O)c1cccc(C(=O)OCC(=O)Nc2ccccc2C#N)c1. The van der Waals surface area contributed by atoms with Gasteiger partial charge in [0.15, 0.2) is 6.61 Å². The third-order valence-electron chi connectivity index (χ3n) is 3.45. The number of ether oxygens (including phenoxy) is 1. The molecule has 0 aliphatic rings. The summed E-state index contributed by atoms with van der Waals surface area (Å²) in [6, 6.07) is 13.6. The average Bonchev–Trinajstić information content (AvgIpc) is 2.71. The maximum absolute atomic E-state index is 12.1. The van der Waals surface area contributed by atoms with E-state index in [-0.39, 0.29) is 22.6 Å². The van der Waals surface area contributed by atoms with Gasteiger partial charge in [-0.3, -0.25) is 4.79 Å². The third-order valence-corrected chi connectivity index (χ3v) is 4.87. The van der Waals surface area contributed by atoms with E-state index in [0.29, 0.717) is 5.69 Å². The Labute approximate surface area is 162 Å². The van der Waals surface area contributed by atoms with Crippen molar-refractivity contribution >= 4 is 27.6 Å². The minimum atomic E-state index is -3.80. The minimum absolute atomic E-state index is 0.0216. The molecule has 8 nitrogen and oxygen atoms in total. The summed E-state index contributed by atoms with van der Waals surface area (Å²) in [5.74, 6) is -1.49. The van der Waals surface area contributed by atoms with Crippen LogP contribution in [0.5, 0.6) is 0 Å². The van der Waals surface area contributed by atoms with Crippen molar-refractivity contribution in [3.8, 4) is 6.07 Å². The Morgan fingerprint density at radius 2 is 1.93 bits per heavy atom.